The van der Waals surface area contributed by atoms with Gasteiger partial charge in [-0.3, -0.25) is 4.79 Å². The van der Waals surface area contributed by atoms with Crippen molar-refractivity contribution in [2.75, 3.05) is 27.3 Å². The van der Waals surface area contributed by atoms with E-state index in [0.717, 1.165) is 4.90 Å². The zero-order chi connectivity index (χ0) is 17.8. The summed E-state index contributed by atoms with van der Waals surface area (Å²) in [5.41, 5.74) is -3.69. The fourth-order valence-corrected chi connectivity index (χ4v) is 1.85. The van der Waals surface area contributed by atoms with E-state index in [9.17, 15) is 31.1 Å². The maximum absolute atomic E-state index is 12.7. The Labute approximate surface area is 128 Å². The molecule has 1 amide bonds. The minimum atomic E-state index is -4.98. The number of nitrogens with zero attached hydrogens (tertiary/aromatic N) is 1. The molecule has 1 aromatic carbocycles. The number of rotatable bonds is 5. The molecule has 0 heterocycles. The monoisotopic (exact) mass is 343 g/mol. The molecule has 0 fully saturated rings. The number of amides is 1. The Hall–Kier alpha value is -1.77. The molecule has 0 aliphatic carbocycles. The summed E-state index contributed by atoms with van der Waals surface area (Å²) in [6.07, 6.45) is -9.56. The van der Waals surface area contributed by atoms with E-state index in [1.807, 2.05) is 0 Å². The molecular weight excluding hydrogens is 328 g/mol. The first kappa shape index (κ1) is 19.3. The van der Waals surface area contributed by atoms with Gasteiger partial charge < -0.3 is 9.64 Å². The zero-order valence-corrected chi connectivity index (χ0v) is 12.4. The summed E-state index contributed by atoms with van der Waals surface area (Å²) >= 11 is 0. The number of carbonyl (C=O) groups excluding carboxylic acids is 1. The predicted octanol–water partition coefficient (Wildman–Crippen LogP) is 3.83. The van der Waals surface area contributed by atoms with Gasteiger partial charge in [-0.15, -0.1) is 0 Å². The van der Waals surface area contributed by atoms with Crippen molar-refractivity contribution in [2.24, 2.45) is 0 Å². The third-order valence-electron chi connectivity index (χ3n) is 3.02. The third-order valence-corrected chi connectivity index (χ3v) is 3.02. The number of alkyl halides is 6. The van der Waals surface area contributed by atoms with Crippen LogP contribution in [0, 0.1) is 0 Å². The average molecular weight is 343 g/mol. The summed E-state index contributed by atoms with van der Waals surface area (Å²) in [5.74, 6) is -0.919. The fourth-order valence-electron chi connectivity index (χ4n) is 1.85. The standard InChI is InChI=1S/C14H15F6NO2/c1-21(4-3-5-23-2)12(22)9-6-10(13(15,16)17)8-11(7-9)14(18,19)20/h6-8H,3-5H2,1-2H3. The van der Waals surface area contributed by atoms with E-state index in [0.29, 0.717) is 25.2 Å². The first-order valence-corrected chi connectivity index (χ1v) is 6.50. The zero-order valence-electron chi connectivity index (χ0n) is 12.4. The lowest BCUT2D eigenvalue weighted by atomic mass is 10.0. The van der Waals surface area contributed by atoms with Crippen LogP contribution in [0.2, 0.25) is 0 Å². The van der Waals surface area contributed by atoms with Crippen molar-refractivity contribution in [1.82, 2.24) is 4.90 Å². The summed E-state index contributed by atoms with van der Waals surface area (Å²) in [6.45, 7) is 0.457. The van der Waals surface area contributed by atoms with Crippen LogP contribution >= 0.6 is 0 Å². The molecule has 0 radical (unpaired) electrons. The van der Waals surface area contributed by atoms with E-state index < -0.39 is 35.0 Å². The predicted molar refractivity (Wildman–Crippen MR) is 69.9 cm³/mol. The maximum atomic E-state index is 12.7. The molecule has 0 aliphatic heterocycles. The van der Waals surface area contributed by atoms with Crippen molar-refractivity contribution in [3.05, 3.63) is 34.9 Å². The minimum absolute atomic E-state index is 0.0122. The van der Waals surface area contributed by atoms with E-state index in [-0.39, 0.29) is 12.6 Å². The average Bonchev–Trinajstić information content (AvgIpc) is 2.44. The van der Waals surface area contributed by atoms with E-state index in [1.54, 1.807) is 0 Å². The Morgan fingerprint density at radius 3 is 1.91 bits per heavy atom. The van der Waals surface area contributed by atoms with Crippen LogP contribution in [-0.2, 0) is 17.1 Å². The number of ether oxygens (including phenoxy) is 1. The summed E-state index contributed by atoms with van der Waals surface area (Å²) < 4.78 is 81.2. The Balaban J connectivity index is 3.17. The molecule has 0 atom stereocenters. The van der Waals surface area contributed by atoms with Crippen molar-refractivity contribution >= 4 is 5.91 Å². The molecule has 0 spiro atoms. The highest BCUT2D eigenvalue weighted by Crippen LogP contribution is 2.36. The lowest BCUT2D eigenvalue weighted by Crippen LogP contribution is -2.29. The Morgan fingerprint density at radius 1 is 1.04 bits per heavy atom. The molecule has 0 saturated heterocycles. The Kier molecular flexibility index (Phi) is 6.04. The van der Waals surface area contributed by atoms with Crippen molar-refractivity contribution in [3.63, 3.8) is 0 Å². The van der Waals surface area contributed by atoms with Crippen molar-refractivity contribution < 1.29 is 35.9 Å². The molecule has 9 heteroatoms. The molecule has 0 aromatic heterocycles. The van der Waals surface area contributed by atoms with Crippen molar-refractivity contribution in [3.8, 4) is 0 Å². The summed E-state index contributed by atoms with van der Waals surface area (Å²) in [5, 5.41) is 0. The fraction of sp³-hybridized carbons (Fsp3) is 0.500. The molecule has 0 bridgehead atoms. The smallest absolute Gasteiger partial charge is 0.385 e. The molecule has 0 unspecified atom stereocenters. The van der Waals surface area contributed by atoms with Crippen LogP contribution in [0.3, 0.4) is 0 Å². The molecule has 23 heavy (non-hydrogen) atoms. The Morgan fingerprint density at radius 2 is 1.52 bits per heavy atom. The van der Waals surface area contributed by atoms with Gasteiger partial charge in [-0.25, -0.2) is 0 Å². The quantitative estimate of drug-likeness (QED) is 0.601. The van der Waals surface area contributed by atoms with E-state index in [4.69, 9.17) is 4.74 Å². The second kappa shape index (κ2) is 7.20. The molecule has 0 aliphatic rings. The maximum Gasteiger partial charge on any atom is 0.416 e. The SMILES string of the molecule is COCCCN(C)C(=O)c1cc(C(F)(F)F)cc(C(F)(F)F)c1. The summed E-state index contributed by atoms with van der Waals surface area (Å²) in [4.78, 5) is 13.1. The highest BCUT2D eigenvalue weighted by atomic mass is 19.4. The number of benzene rings is 1. The Bertz CT molecular complexity index is 521. The molecule has 130 valence electrons. The van der Waals surface area contributed by atoms with Gasteiger partial charge in [0.25, 0.3) is 5.91 Å². The van der Waals surface area contributed by atoms with E-state index in [1.165, 1.54) is 14.2 Å². The van der Waals surface area contributed by atoms with Gasteiger partial charge >= 0.3 is 12.4 Å². The molecule has 3 nitrogen and oxygen atoms in total. The third kappa shape index (κ3) is 5.42. The highest BCUT2D eigenvalue weighted by Gasteiger charge is 2.37. The highest BCUT2D eigenvalue weighted by molar-refractivity contribution is 5.94. The van der Waals surface area contributed by atoms with Gasteiger partial charge in [-0.2, -0.15) is 26.3 Å². The minimum Gasteiger partial charge on any atom is -0.385 e. The van der Waals surface area contributed by atoms with Gasteiger partial charge in [0.05, 0.1) is 11.1 Å². The summed E-state index contributed by atoms with van der Waals surface area (Å²) in [6, 6.07) is 0.830. The number of halogens is 6. The van der Waals surface area contributed by atoms with Crippen LogP contribution in [0.1, 0.15) is 27.9 Å². The topological polar surface area (TPSA) is 29.5 Å². The van der Waals surface area contributed by atoms with Crippen molar-refractivity contribution in [2.45, 2.75) is 18.8 Å². The van der Waals surface area contributed by atoms with Crippen LogP contribution in [0.25, 0.3) is 0 Å². The normalized spacial score (nSPS) is 12.3. The van der Waals surface area contributed by atoms with Crippen molar-refractivity contribution in [1.29, 1.82) is 0 Å². The van der Waals surface area contributed by atoms with Gasteiger partial charge in [-0.1, -0.05) is 0 Å². The lowest BCUT2D eigenvalue weighted by Gasteiger charge is -2.19. The second-order valence-electron chi connectivity index (χ2n) is 4.87. The van der Waals surface area contributed by atoms with Gasteiger partial charge in [-0.05, 0) is 24.6 Å². The number of carbonyl (C=O) groups is 1. The second-order valence-corrected chi connectivity index (χ2v) is 4.87. The largest absolute Gasteiger partial charge is 0.416 e. The number of hydrogen-bond donors (Lipinski definition) is 0. The summed E-state index contributed by atoms with van der Waals surface area (Å²) in [7, 11) is 2.73. The molecule has 1 rings (SSSR count). The van der Waals surface area contributed by atoms with Crippen LogP contribution in [-0.4, -0.2) is 38.1 Å². The lowest BCUT2D eigenvalue weighted by molar-refractivity contribution is -0.143. The first-order chi connectivity index (χ1) is 10.5. The van der Waals surface area contributed by atoms with Crippen LogP contribution in [0.4, 0.5) is 26.3 Å². The van der Waals surface area contributed by atoms with Gasteiger partial charge in [0, 0.05) is 32.9 Å². The number of hydrogen-bond acceptors (Lipinski definition) is 2. The molecule has 0 N–H and O–H groups in total. The van der Waals surface area contributed by atoms with Crippen LogP contribution in [0.15, 0.2) is 18.2 Å². The van der Waals surface area contributed by atoms with Gasteiger partial charge in [0.2, 0.25) is 0 Å². The van der Waals surface area contributed by atoms with Crippen LogP contribution < -0.4 is 0 Å². The number of methoxy groups -OCH3 is 1. The van der Waals surface area contributed by atoms with Gasteiger partial charge in [0.1, 0.15) is 0 Å². The van der Waals surface area contributed by atoms with Gasteiger partial charge in [0.15, 0.2) is 0 Å². The van der Waals surface area contributed by atoms with E-state index >= 15 is 0 Å². The van der Waals surface area contributed by atoms with E-state index in [2.05, 4.69) is 0 Å². The molecular formula is C14H15F6NO2. The van der Waals surface area contributed by atoms with Crippen LogP contribution in [0.5, 0.6) is 0 Å². The first-order valence-electron chi connectivity index (χ1n) is 6.50. The molecule has 1 aromatic rings. The molecule has 0 saturated carbocycles.